The van der Waals surface area contributed by atoms with Crippen molar-refractivity contribution in [2.24, 2.45) is 0 Å². The van der Waals surface area contributed by atoms with Gasteiger partial charge in [0.2, 0.25) is 6.79 Å². The van der Waals surface area contributed by atoms with Gasteiger partial charge in [0.25, 0.3) is 5.91 Å². The van der Waals surface area contributed by atoms with Crippen molar-refractivity contribution in [1.82, 2.24) is 10.3 Å². The van der Waals surface area contributed by atoms with Crippen molar-refractivity contribution in [3.63, 3.8) is 0 Å². The number of aromatic nitrogens is 1. The SMILES string of the molecule is Cc1ccc(-c2cc(C(=O)OCC(=O)NCc3ccc4c(c3)OCO4)c3ccccc3n2)o1. The molecule has 0 unspecified atom stereocenters. The maximum absolute atomic E-state index is 12.9. The Kier molecular flexibility index (Phi) is 5.40. The number of ether oxygens (including phenoxy) is 3. The van der Waals surface area contributed by atoms with E-state index in [0.717, 1.165) is 11.3 Å². The summed E-state index contributed by atoms with van der Waals surface area (Å²) < 4.78 is 21.6. The third-order valence-electron chi connectivity index (χ3n) is 5.19. The lowest BCUT2D eigenvalue weighted by molar-refractivity contribution is -0.124. The summed E-state index contributed by atoms with van der Waals surface area (Å²) in [5, 5.41) is 3.37. The van der Waals surface area contributed by atoms with Crippen LogP contribution in [0.2, 0.25) is 0 Å². The number of benzene rings is 2. The summed E-state index contributed by atoms with van der Waals surface area (Å²) in [4.78, 5) is 29.7. The normalized spacial score (nSPS) is 12.0. The highest BCUT2D eigenvalue weighted by Crippen LogP contribution is 2.32. The zero-order valence-electron chi connectivity index (χ0n) is 17.8. The molecule has 8 nitrogen and oxygen atoms in total. The lowest BCUT2D eigenvalue weighted by atomic mass is 10.1. The number of nitrogens with zero attached hydrogens (tertiary/aromatic N) is 1. The van der Waals surface area contributed by atoms with E-state index in [9.17, 15) is 9.59 Å². The molecule has 0 bridgehead atoms. The number of fused-ring (bicyclic) bond motifs is 2. The van der Waals surface area contributed by atoms with Crippen molar-refractivity contribution in [2.45, 2.75) is 13.5 Å². The second-order valence-corrected chi connectivity index (χ2v) is 7.52. The first-order valence-electron chi connectivity index (χ1n) is 10.4. The van der Waals surface area contributed by atoms with E-state index in [0.29, 0.717) is 39.4 Å². The topological polar surface area (TPSA) is 99.9 Å². The molecule has 0 aliphatic carbocycles. The van der Waals surface area contributed by atoms with Crippen LogP contribution in [0.3, 0.4) is 0 Å². The average Bonchev–Trinajstić information content (AvgIpc) is 3.49. The largest absolute Gasteiger partial charge is 0.460 e. The van der Waals surface area contributed by atoms with Crippen LogP contribution in [0.15, 0.2) is 65.1 Å². The van der Waals surface area contributed by atoms with Crippen LogP contribution in [0.1, 0.15) is 21.7 Å². The van der Waals surface area contributed by atoms with E-state index in [1.165, 1.54) is 0 Å². The Hall–Kier alpha value is -4.33. The van der Waals surface area contributed by atoms with E-state index in [1.54, 1.807) is 30.3 Å². The molecule has 0 radical (unpaired) electrons. The lowest BCUT2D eigenvalue weighted by Gasteiger charge is -2.10. The van der Waals surface area contributed by atoms with Gasteiger partial charge < -0.3 is 23.9 Å². The number of esters is 1. The minimum Gasteiger partial charge on any atom is -0.460 e. The van der Waals surface area contributed by atoms with Crippen molar-refractivity contribution in [3.05, 3.63) is 77.6 Å². The molecule has 1 N–H and O–H groups in total. The van der Waals surface area contributed by atoms with E-state index in [1.807, 2.05) is 37.3 Å². The molecule has 2 aromatic carbocycles. The number of hydrogen-bond donors (Lipinski definition) is 1. The average molecular weight is 444 g/mol. The predicted octanol–water partition coefficient (Wildman–Crippen LogP) is 4.01. The molecule has 0 atom stereocenters. The third-order valence-corrected chi connectivity index (χ3v) is 5.19. The van der Waals surface area contributed by atoms with E-state index >= 15 is 0 Å². The highest BCUT2D eigenvalue weighted by molar-refractivity contribution is 6.05. The molecule has 1 aliphatic heterocycles. The minimum atomic E-state index is -0.614. The summed E-state index contributed by atoms with van der Waals surface area (Å²) in [6.07, 6.45) is 0. The number of carbonyl (C=O) groups is 2. The number of pyridine rings is 1. The molecule has 0 fully saturated rings. The molecule has 0 saturated heterocycles. The molecule has 1 amide bonds. The Morgan fingerprint density at radius 3 is 2.73 bits per heavy atom. The number of para-hydroxylation sites is 1. The molecule has 166 valence electrons. The number of hydrogen-bond acceptors (Lipinski definition) is 7. The van der Waals surface area contributed by atoms with Crippen LogP contribution in [0.25, 0.3) is 22.4 Å². The van der Waals surface area contributed by atoms with Crippen LogP contribution in [0.5, 0.6) is 11.5 Å². The van der Waals surface area contributed by atoms with Gasteiger partial charge in [-0.05, 0) is 48.9 Å². The summed E-state index contributed by atoms with van der Waals surface area (Å²) in [7, 11) is 0. The number of amides is 1. The number of furan rings is 1. The van der Waals surface area contributed by atoms with Crippen molar-refractivity contribution >= 4 is 22.8 Å². The predicted molar refractivity (Wildman–Crippen MR) is 119 cm³/mol. The summed E-state index contributed by atoms with van der Waals surface area (Å²) in [6, 6.07) is 17.9. The number of aryl methyl sites for hydroxylation is 1. The molecule has 0 spiro atoms. The molecule has 5 rings (SSSR count). The monoisotopic (exact) mass is 444 g/mol. The van der Waals surface area contributed by atoms with E-state index < -0.39 is 18.5 Å². The molecule has 8 heteroatoms. The molecule has 0 saturated carbocycles. The van der Waals surface area contributed by atoms with Crippen LogP contribution < -0.4 is 14.8 Å². The molecule has 1 aliphatic rings. The van der Waals surface area contributed by atoms with Gasteiger partial charge in [-0.2, -0.15) is 0 Å². The van der Waals surface area contributed by atoms with Gasteiger partial charge in [0, 0.05) is 11.9 Å². The smallest absolute Gasteiger partial charge is 0.339 e. The van der Waals surface area contributed by atoms with Crippen molar-refractivity contribution in [1.29, 1.82) is 0 Å². The number of nitrogens with one attached hydrogen (secondary N) is 1. The van der Waals surface area contributed by atoms with Crippen LogP contribution in [-0.4, -0.2) is 30.3 Å². The third kappa shape index (κ3) is 4.36. The van der Waals surface area contributed by atoms with Gasteiger partial charge in [-0.1, -0.05) is 24.3 Å². The number of rotatable bonds is 6. The summed E-state index contributed by atoms with van der Waals surface area (Å²) >= 11 is 0. The van der Waals surface area contributed by atoms with Gasteiger partial charge >= 0.3 is 5.97 Å². The fourth-order valence-corrected chi connectivity index (χ4v) is 3.55. The molecule has 2 aromatic heterocycles. The molecular formula is C25H20N2O6. The Balaban J connectivity index is 1.27. The zero-order chi connectivity index (χ0) is 22.8. The van der Waals surface area contributed by atoms with Crippen LogP contribution in [0.4, 0.5) is 0 Å². The van der Waals surface area contributed by atoms with Gasteiger partial charge in [0.05, 0.1) is 11.1 Å². The van der Waals surface area contributed by atoms with Gasteiger partial charge in [0.15, 0.2) is 23.9 Å². The summed E-state index contributed by atoms with van der Waals surface area (Å²) in [5.74, 6) is 1.57. The van der Waals surface area contributed by atoms with Crippen molar-refractivity contribution < 1.29 is 28.2 Å². The maximum Gasteiger partial charge on any atom is 0.339 e. The molecule has 3 heterocycles. The molecule has 4 aromatic rings. The highest BCUT2D eigenvalue weighted by Gasteiger charge is 2.18. The van der Waals surface area contributed by atoms with Crippen molar-refractivity contribution in [2.75, 3.05) is 13.4 Å². The van der Waals surface area contributed by atoms with E-state index in [4.69, 9.17) is 18.6 Å². The lowest BCUT2D eigenvalue weighted by Crippen LogP contribution is -2.28. The summed E-state index contributed by atoms with van der Waals surface area (Å²) in [6.45, 7) is 1.89. The Morgan fingerprint density at radius 1 is 1.03 bits per heavy atom. The van der Waals surface area contributed by atoms with Gasteiger partial charge in [-0.15, -0.1) is 0 Å². The fourth-order valence-electron chi connectivity index (χ4n) is 3.55. The van der Waals surface area contributed by atoms with Crippen molar-refractivity contribution in [3.8, 4) is 23.0 Å². The summed E-state index contributed by atoms with van der Waals surface area (Å²) in [5.41, 5.74) is 2.30. The maximum atomic E-state index is 12.9. The van der Waals surface area contributed by atoms with Gasteiger partial charge in [0.1, 0.15) is 11.5 Å². The highest BCUT2D eigenvalue weighted by atomic mass is 16.7. The molecule has 33 heavy (non-hydrogen) atoms. The first-order valence-corrected chi connectivity index (χ1v) is 10.4. The first kappa shape index (κ1) is 20.6. The minimum absolute atomic E-state index is 0.187. The Bertz CT molecular complexity index is 1360. The molecular weight excluding hydrogens is 424 g/mol. The first-order chi connectivity index (χ1) is 16.1. The Labute approximate surface area is 189 Å². The standard InChI is InChI=1S/C25H20N2O6/c1-15-6-8-21(33-15)20-11-18(17-4-2-3-5-19(17)27-20)25(29)30-13-24(28)26-12-16-7-9-22-23(10-16)32-14-31-22/h2-11H,12-14H2,1H3,(H,26,28). The van der Waals surface area contributed by atoms with Crippen LogP contribution in [0, 0.1) is 6.92 Å². The fraction of sp³-hybridized carbons (Fsp3) is 0.160. The van der Waals surface area contributed by atoms with Gasteiger partial charge in [-0.25, -0.2) is 9.78 Å². The van der Waals surface area contributed by atoms with E-state index in [2.05, 4.69) is 10.3 Å². The van der Waals surface area contributed by atoms with E-state index in [-0.39, 0.29) is 13.3 Å². The second-order valence-electron chi connectivity index (χ2n) is 7.52. The number of carbonyl (C=O) groups excluding carboxylic acids is 2. The zero-order valence-corrected chi connectivity index (χ0v) is 17.8. The Morgan fingerprint density at radius 2 is 1.88 bits per heavy atom. The van der Waals surface area contributed by atoms with Crippen LogP contribution in [-0.2, 0) is 16.1 Å². The second kappa shape index (κ2) is 8.66. The quantitative estimate of drug-likeness (QED) is 0.449. The van der Waals surface area contributed by atoms with Gasteiger partial charge in [-0.3, -0.25) is 4.79 Å². The van der Waals surface area contributed by atoms with Crippen LogP contribution >= 0.6 is 0 Å².